The third-order valence-corrected chi connectivity index (χ3v) is 7.81. The third kappa shape index (κ3) is 5.07. The van der Waals surface area contributed by atoms with Crippen LogP contribution in [0.3, 0.4) is 0 Å². The van der Waals surface area contributed by atoms with Crippen LogP contribution in [0.1, 0.15) is 5.56 Å². The van der Waals surface area contributed by atoms with Crippen molar-refractivity contribution in [1.29, 1.82) is 0 Å². The molecule has 0 radical (unpaired) electrons. The largest absolute Gasteiger partial charge is 0.480 e. The number of carboxylic acids is 1. The Kier molecular flexibility index (Phi) is 6.37. The van der Waals surface area contributed by atoms with Gasteiger partial charge in [0, 0.05) is 10.9 Å². The van der Waals surface area contributed by atoms with Gasteiger partial charge in [-0.3, -0.25) is 4.79 Å². The monoisotopic (exact) mass is 486 g/mol. The number of thioether (sulfide) groups is 1. The molecule has 164 valence electrons. The highest BCUT2D eigenvalue weighted by Crippen LogP contribution is 2.43. The van der Waals surface area contributed by atoms with Crippen LogP contribution >= 0.6 is 23.4 Å². The summed E-state index contributed by atoms with van der Waals surface area (Å²) < 4.78 is 68.5. The van der Waals surface area contributed by atoms with Crippen LogP contribution in [-0.2, 0) is 30.3 Å². The van der Waals surface area contributed by atoms with E-state index in [1.165, 1.54) is 11.0 Å². The summed E-state index contributed by atoms with van der Waals surface area (Å²) >= 11 is 6.62. The van der Waals surface area contributed by atoms with Crippen LogP contribution in [0.4, 0.5) is 18.9 Å². The molecule has 3 rings (SSSR count). The number of aliphatic carboxylic acids is 1. The van der Waals surface area contributed by atoms with Gasteiger partial charge in [0.15, 0.2) is 15.0 Å². The van der Waals surface area contributed by atoms with E-state index in [1.54, 1.807) is 0 Å². The molecule has 2 aliphatic heterocycles. The lowest BCUT2D eigenvalue weighted by molar-refractivity contribution is -0.143. The first-order chi connectivity index (χ1) is 13.9. The second-order valence-corrected chi connectivity index (χ2v) is 10.3. The first-order valence-corrected chi connectivity index (χ1v) is 11.4. The van der Waals surface area contributed by atoms with Crippen LogP contribution in [0.2, 0.25) is 5.02 Å². The van der Waals surface area contributed by atoms with Crippen molar-refractivity contribution in [3.63, 3.8) is 0 Å². The number of ether oxygens (including phenoxy) is 1. The number of alkyl halides is 3. The molecule has 1 amide bonds. The summed E-state index contributed by atoms with van der Waals surface area (Å²) in [6.45, 7) is -1.37. The Morgan fingerprint density at radius 1 is 1.30 bits per heavy atom. The van der Waals surface area contributed by atoms with Crippen LogP contribution in [0.25, 0.3) is 0 Å². The standard InChI is InChI=1S/C16H14ClF3N2O6S2/c17-10-2-1-8(3-9(10)16(18,19)20)22-11-6-30(26,27)7-12(11)29-15(22)21-13(23)4-28-5-14(24)25/h1-3,11-12H,4-7H2,(H,24,25)/t11-,12-/m1/s1. The predicted molar refractivity (Wildman–Crippen MR) is 104 cm³/mol. The van der Waals surface area contributed by atoms with E-state index < -0.39 is 63.0 Å². The number of amidine groups is 1. The van der Waals surface area contributed by atoms with Gasteiger partial charge in [0.25, 0.3) is 5.91 Å². The molecule has 1 aromatic carbocycles. The minimum Gasteiger partial charge on any atom is -0.480 e. The molecule has 14 heteroatoms. The van der Waals surface area contributed by atoms with Gasteiger partial charge in [0.05, 0.1) is 28.1 Å². The van der Waals surface area contributed by atoms with E-state index in [0.29, 0.717) is 0 Å². The fraction of sp³-hybridized carbons (Fsp3) is 0.438. The zero-order valence-electron chi connectivity index (χ0n) is 14.9. The van der Waals surface area contributed by atoms with Crippen LogP contribution < -0.4 is 4.90 Å². The molecule has 2 aliphatic rings. The number of halogens is 4. The van der Waals surface area contributed by atoms with Crippen molar-refractivity contribution in [3.05, 3.63) is 28.8 Å². The quantitative estimate of drug-likeness (QED) is 0.673. The van der Waals surface area contributed by atoms with Crippen molar-refractivity contribution in [1.82, 2.24) is 0 Å². The van der Waals surface area contributed by atoms with Crippen molar-refractivity contribution in [2.75, 3.05) is 29.6 Å². The first-order valence-electron chi connectivity index (χ1n) is 8.31. The van der Waals surface area contributed by atoms with E-state index in [9.17, 15) is 31.2 Å². The summed E-state index contributed by atoms with van der Waals surface area (Å²) in [6, 6.07) is 2.38. The second-order valence-electron chi connectivity index (χ2n) is 6.51. The highest BCUT2D eigenvalue weighted by Gasteiger charge is 2.49. The second kappa shape index (κ2) is 8.36. The molecule has 0 unspecified atom stereocenters. The molecule has 0 aromatic heterocycles. The molecule has 8 nitrogen and oxygen atoms in total. The van der Waals surface area contributed by atoms with Crippen molar-refractivity contribution in [2.24, 2.45) is 4.99 Å². The Morgan fingerprint density at radius 2 is 2.00 bits per heavy atom. The normalized spacial score (nSPS) is 24.3. The number of benzene rings is 1. The van der Waals surface area contributed by atoms with Crippen LogP contribution in [0.15, 0.2) is 23.2 Å². The summed E-state index contributed by atoms with van der Waals surface area (Å²) in [5.74, 6) is -2.65. The first kappa shape index (κ1) is 22.8. The number of anilines is 1. The number of nitrogens with zero attached hydrogens (tertiary/aromatic N) is 2. The summed E-state index contributed by atoms with van der Waals surface area (Å²) in [5, 5.41) is 7.50. The zero-order valence-corrected chi connectivity index (χ0v) is 17.3. The summed E-state index contributed by atoms with van der Waals surface area (Å²) in [4.78, 5) is 27.6. The summed E-state index contributed by atoms with van der Waals surface area (Å²) in [6.07, 6.45) is -4.74. The Hall–Kier alpha value is -1.83. The third-order valence-electron chi connectivity index (χ3n) is 4.27. The lowest BCUT2D eigenvalue weighted by Crippen LogP contribution is -2.38. The number of amides is 1. The molecule has 2 atom stereocenters. The Morgan fingerprint density at radius 3 is 2.63 bits per heavy atom. The van der Waals surface area contributed by atoms with E-state index in [-0.39, 0.29) is 22.4 Å². The molecule has 0 bridgehead atoms. The number of rotatable bonds is 5. The molecule has 0 saturated carbocycles. The van der Waals surface area contributed by atoms with Gasteiger partial charge in [-0.1, -0.05) is 23.4 Å². The van der Waals surface area contributed by atoms with Crippen molar-refractivity contribution < 1.29 is 41.0 Å². The number of hydrogen-bond donors (Lipinski definition) is 1. The smallest absolute Gasteiger partial charge is 0.417 e. The van der Waals surface area contributed by atoms with Gasteiger partial charge in [0.2, 0.25) is 0 Å². The maximum absolute atomic E-state index is 13.3. The SMILES string of the molecule is O=C(O)COCC(=O)N=C1S[C@@H]2CS(=O)(=O)C[C@H]2N1c1ccc(Cl)c(C(F)(F)F)c1. The molecule has 2 saturated heterocycles. The average molecular weight is 487 g/mol. The van der Waals surface area contributed by atoms with E-state index >= 15 is 0 Å². The highest BCUT2D eigenvalue weighted by molar-refractivity contribution is 8.16. The van der Waals surface area contributed by atoms with Crippen molar-refractivity contribution in [3.8, 4) is 0 Å². The predicted octanol–water partition coefficient (Wildman–Crippen LogP) is 2.06. The Bertz CT molecular complexity index is 1010. The number of aliphatic imine (C=N–C) groups is 1. The van der Waals surface area contributed by atoms with Gasteiger partial charge in [0.1, 0.15) is 13.2 Å². The fourth-order valence-electron chi connectivity index (χ4n) is 3.11. The molecule has 0 aliphatic carbocycles. The van der Waals surface area contributed by atoms with Gasteiger partial charge < -0.3 is 14.7 Å². The number of hydrogen-bond acceptors (Lipinski definition) is 6. The minimum absolute atomic E-state index is 0.0122. The molecular weight excluding hydrogens is 473 g/mol. The number of carbonyl (C=O) groups excluding carboxylic acids is 1. The van der Waals surface area contributed by atoms with E-state index in [4.69, 9.17) is 16.7 Å². The number of carbonyl (C=O) groups is 2. The topological polar surface area (TPSA) is 113 Å². The summed E-state index contributed by atoms with van der Waals surface area (Å²) in [7, 11) is -3.41. The molecule has 30 heavy (non-hydrogen) atoms. The number of carboxylic acid groups (broad SMARTS) is 1. The average Bonchev–Trinajstić information content (AvgIpc) is 3.05. The number of sulfone groups is 1. The van der Waals surface area contributed by atoms with Gasteiger partial charge in [-0.2, -0.15) is 18.2 Å². The van der Waals surface area contributed by atoms with Crippen LogP contribution in [0, 0.1) is 0 Å². The molecule has 2 fully saturated rings. The van der Waals surface area contributed by atoms with E-state index in [2.05, 4.69) is 9.73 Å². The fourth-order valence-corrected chi connectivity index (χ4v) is 7.27. The maximum Gasteiger partial charge on any atom is 0.417 e. The molecule has 1 N–H and O–H groups in total. The Labute approximate surface area is 178 Å². The van der Waals surface area contributed by atoms with Gasteiger partial charge in [-0.15, -0.1) is 0 Å². The van der Waals surface area contributed by atoms with Gasteiger partial charge in [-0.25, -0.2) is 13.2 Å². The number of fused-ring (bicyclic) bond motifs is 1. The molecule has 0 spiro atoms. The lowest BCUT2D eigenvalue weighted by Gasteiger charge is -2.25. The lowest BCUT2D eigenvalue weighted by atomic mass is 10.1. The van der Waals surface area contributed by atoms with Crippen LogP contribution in [-0.4, -0.2) is 66.6 Å². The Balaban J connectivity index is 1.95. The van der Waals surface area contributed by atoms with E-state index in [0.717, 1.165) is 23.9 Å². The minimum atomic E-state index is -4.74. The van der Waals surface area contributed by atoms with Crippen molar-refractivity contribution in [2.45, 2.75) is 17.5 Å². The summed E-state index contributed by atoms with van der Waals surface area (Å²) in [5.41, 5.74) is -1.12. The molecule has 1 aromatic rings. The van der Waals surface area contributed by atoms with E-state index in [1.807, 2.05) is 0 Å². The van der Waals surface area contributed by atoms with Crippen LogP contribution in [0.5, 0.6) is 0 Å². The van der Waals surface area contributed by atoms with Crippen molar-refractivity contribution >= 4 is 55.9 Å². The maximum atomic E-state index is 13.3. The molecule has 2 heterocycles. The van der Waals surface area contributed by atoms with Gasteiger partial charge >= 0.3 is 12.1 Å². The van der Waals surface area contributed by atoms with Gasteiger partial charge in [-0.05, 0) is 18.2 Å². The highest BCUT2D eigenvalue weighted by atomic mass is 35.5. The molecular formula is C16H14ClF3N2O6S2. The zero-order chi connectivity index (χ0) is 22.3.